The topological polar surface area (TPSA) is 40.5 Å². The first-order chi connectivity index (χ1) is 9.93. The molecule has 0 aromatic heterocycles. The summed E-state index contributed by atoms with van der Waals surface area (Å²) in [5, 5.41) is 9.07. The second kappa shape index (κ2) is 7.13. The predicted octanol–water partition coefficient (Wildman–Crippen LogP) is 3.60. The number of nitrogens with zero attached hydrogens (tertiary/aromatic N) is 1. The first-order valence-electron chi connectivity index (χ1n) is 8.85. The highest BCUT2D eigenvalue weighted by atomic mass is 16.3. The van der Waals surface area contributed by atoms with Gasteiger partial charge in [0.25, 0.3) is 0 Å². The molecule has 2 fully saturated rings. The van der Waals surface area contributed by atoms with Gasteiger partial charge < -0.3 is 10.0 Å². The minimum absolute atomic E-state index is 0.188. The van der Waals surface area contributed by atoms with Crippen LogP contribution < -0.4 is 0 Å². The molecule has 0 aliphatic heterocycles. The summed E-state index contributed by atoms with van der Waals surface area (Å²) in [6.07, 6.45) is 8.80. The largest absolute Gasteiger partial charge is 0.396 e. The average Bonchev–Trinajstić information content (AvgIpc) is 2.39. The van der Waals surface area contributed by atoms with Crippen LogP contribution >= 0.6 is 0 Å². The number of hydrogen-bond acceptors (Lipinski definition) is 2. The van der Waals surface area contributed by atoms with Gasteiger partial charge in [-0.25, -0.2) is 0 Å². The van der Waals surface area contributed by atoms with E-state index in [0.29, 0.717) is 17.4 Å². The molecule has 1 amide bonds. The lowest BCUT2D eigenvalue weighted by Crippen LogP contribution is -2.48. The maximum Gasteiger partial charge on any atom is 0.225 e. The number of aliphatic hydroxyl groups excluding tert-OH is 1. The molecule has 2 rings (SSSR count). The molecule has 0 aromatic carbocycles. The monoisotopic (exact) mass is 295 g/mol. The van der Waals surface area contributed by atoms with Crippen molar-refractivity contribution < 1.29 is 9.90 Å². The van der Waals surface area contributed by atoms with E-state index in [9.17, 15) is 4.79 Å². The smallest absolute Gasteiger partial charge is 0.225 e. The van der Waals surface area contributed by atoms with E-state index in [4.69, 9.17) is 5.11 Å². The van der Waals surface area contributed by atoms with Crippen molar-refractivity contribution in [3.05, 3.63) is 0 Å². The van der Waals surface area contributed by atoms with E-state index in [1.807, 2.05) is 0 Å². The van der Waals surface area contributed by atoms with E-state index >= 15 is 0 Å². The first kappa shape index (κ1) is 16.8. The van der Waals surface area contributed by atoms with Crippen molar-refractivity contribution in [1.82, 2.24) is 4.90 Å². The highest BCUT2D eigenvalue weighted by Gasteiger charge is 2.36. The Morgan fingerprint density at radius 1 is 1.10 bits per heavy atom. The van der Waals surface area contributed by atoms with Crippen molar-refractivity contribution in [1.29, 1.82) is 0 Å². The first-order valence-corrected chi connectivity index (χ1v) is 8.85. The van der Waals surface area contributed by atoms with Crippen molar-refractivity contribution in [3.8, 4) is 0 Å². The number of hydrogen-bond donors (Lipinski definition) is 1. The predicted molar refractivity (Wildman–Crippen MR) is 86.0 cm³/mol. The minimum Gasteiger partial charge on any atom is -0.396 e. The molecule has 0 heterocycles. The molecule has 0 spiro atoms. The van der Waals surface area contributed by atoms with Gasteiger partial charge in [0.05, 0.1) is 0 Å². The summed E-state index contributed by atoms with van der Waals surface area (Å²) >= 11 is 0. The zero-order chi connectivity index (χ0) is 15.5. The molecule has 0 atom stereocenters. The summed E-state index contributed by atoms with van der Waals surface area (Å²) in [6, 6.07) is 0.462. The van der Waals surface area contributed by atoms with E-state index in [1.54, 1.807) is 0 Å². The molecule has 122 valence electrons. The Labute approximate surface area is 130 Å². The Morgan fingerprint density at radius 3 is 2.14 bits per heavy atom. The number of amides is 1. The summed E-state index contributed by atoms with van der Waals surface area (Å²) < 4.78 is 0. The fourth-order valence-electron chi connectivity index (χ4n) is 3.85. The fourth-order valence-corrected chi connectivity index (χ4v) is 3.85. The second-order valence-corrected chi connectivity index (χ2v) is 8.11. The third-order valence-corrected chi connectivity index (χ3v) is 5.66. The molecule has 1 N–H and O–H groups in total. The van der Waals surface area contributed by atoms with Crippen LogP contribution in [0, 0.1) is 17.3 Å². The van der Waals surface area contributed by atoms with Crippen LogP contribution in [0.2, 0.25) is 0 Å². The zero-order valence-electron chi connectivity index (χ0n) is 14.1. The standard InChI is InChI=1S/C18H33NO2/c1-18(2,3)15-10-8-14(9-11-15)17(21)19(12-5-13-20)16-6-4-7-16/h14-16,20H,4-13H2,1-3H3. The maximum atomic E-state index is 12.8. The zero-order valence-corrected chi connectivity index (χ0v) is 14.1. The normalized spacial score (nSPS) is 27.2. The van der Waals surface area contributed by atoms with Crippen LogP contribution in [-0.4, -0.2) is 35.1 Å². The quantitative estimate of drug-likeness (QED) is 0.842. The highest BCUT2D eigenvalue weighted by Crippen LogP contribution is 2.40. The van der Waals surface area contributed by atoms with Crippen molar-refractivity contribution in [2.24, 2.45) is 17.3 Å². The summed E-state index contributed by atoms with van der Waals surface area (Å²) in [6.45, 7) is 7.90. The molecule has 21 heavy (non-hydrogen) atoms. The lowest BCUT2D eigenvalue weighted by Gasteiger charge is -2.42. The van der Waals surface area contributed by atoms with Gasteiger partial charge in [0.1, 0.15) is 0 Å². The van der Waals surface area contributed by atoms with Crippen molar-refractivity contribution in [2.45, 2.75) is 78.2 Å². The van der Waals surface area contributed by atoms with E-state index in [1.165, 1.54) is 19.3 Å². The third kappa shape index (κ3) is 4.21. The van der Waals surface area contributed by atoms with Gasteiger partial charge in [0.2, 0.25) is 5.91 Å². The van der Waals surface area contributed by atoms with Gasteiger partial charge in [-0.2, -0.15) is 0 Å². The van der Waals surface area contributed by atoms with Crippen LogP contribution in [0.4, 0.5) is 0 Å². The molecule has 0 radical (unpaired) electrons. The second-order valence-electron chi connectivity index (χ2n) is 8.11. The van der Waals surface area contributed by atoms with Gasteiger partial charge in [0.15, 0.2) is 0 Å². The van der Waals surface area contributed by atoms with Gasteiger partial charge in [-0.15, -0.1) is 0 Å². The summed E-state index contributed by atoms with van der Waals surface area (Å²) in [7, 11) is 0. The fraction of sp³-hybridized carbons (Fsp3) is 0.944. The Hall–Kier alpha value is -0.570. The Bertz CT molecular complexity index is 336. The Morgan fingerprint density at radius 2 is 1.71 bits per heavy atom. The lowest BCUT2D eigenvalue weighted by molar-refractivity contribution is -0.141. The molecule has 2 aliphatic rings. The molecule has 0 unspecified atom stereocenters. The average molecular weight is 295 g/mol. The maximum absolute atomic E-state index is 12.8. The molecule has 2 saturated carbocycles. The molecular weight excluding hydrogens is 262 g/mol. The highest BCUT2D eigenvalue weighted by molar-refractivity contribution is 5.79. The molecular formula is C18H33NO2. The summed E-state index contributed by atoms with van der Waals surface area (Å²) in [5.74, 6) is 1.37. The van der Waals surface area contributed by atoms with E-state index < -0.39 is 0 Å². The molecule has 3 heteroatoms. The van der Waals surface area contributed by atoms with Gasteiger partial charge >= 0.3 is 0 Å². The van der Waals surface area contributed by atoms with E-state index in [2.05, 4.69) is 25.7 Å². The van der Waals surface area contributed by atoms with Gasteiger partial charge in [0, 0.05) is 25.1 Å². The molecule has 2 aliphatic carbocycles. The van der Waals surface area contributed by atoms with Crippen LogP contribution in [0.1, 0.15) is 72.1 Å². The van der Waals surface area contributed by atoms with Crippen LogP contribution in [0.15, 0.2) is 0 Å². The van der Waals surface area contributed by atoms with Gasteiger partial charge in [-0.1, -0.05) is 20.8 Å². The molecule has 0 aromatic rings. The number of aliphatic hydroxyl groups is 1. The number of carbonyl (C=O) groups excluding carboxylic acids is 1. The van der Waals surface area contributed by atoms with Gasteiger partial charge in [-0.3, -0.25) is 4.79 Å². The van der Waals surface area contributed by atoms with Crippen molar-refractivity contribution in [2.75, 3.05) is 13.2 Å². The van der Waals surface area contributed by atoms with Crippen LogP contribution in [0.25, 0.3) is 0 Å². The molecule has 0 saturated heterocycles. The number of rotatable bonds is 5. The van der Waals surface area contributed by atoms with Gasteiger partial charge in [-0.05, 0) is 62.7 Å². The minimum atomic E-state index is 0.188. The van der Waals surface area contributed by atoms with Crippen LogP contribution in [-0.2, 0) is 4.79 Å². The van der Waals surface area contributed by atoms with Crippen LogP contribution in [0.3, 0.4) is 0 Å². The number of carbonyl (C=O) groups is 1. The van der Waals surface area contributed by atoms with E-state index in [0.717, 1.165) is 44.6 Å². The third-order valence-electron chi connectivity index (χ3n) is 5.66. The summed E-state index contributed by atoms with van der Waals surface area (Å²) in [5.41, 5.74) is 0.374. The summed E-state index contributed by atoms with van der Waals surface area (Å²) in [4.78, 5) is 14.9. The Balaban J connectivity index is 1.89. The van der Waals surface area contributed by atoms with E-state index in [-0.39, 0.29) is 12.5 Å². The van der Waals surface area contributed by atoms with Crippen molar-refractivity contribution in [3.63, 3.8) is 0 Å². The molecule has 0 bridgehead atoms. The van der Waals surface area contributed by atoms with Crippen molar-refractivity contribution >= 4 is 5.91 Å². The Kier molecular flexibility index (Phi) is 5.70. The SMILES string of the molecule is CC(C)(C)C1CCC(C(=O)N(CCCO)C2CCC2)CC1. The lowest BCUT2D eigenvalue weighted by atomic mass is 9.69. The van der Waals surface area contributed by atoms with Crippen LogP contribution in [0.5, 0.6) is 0 Å². The molecule has 3 nitrogen and oxygen atoms in total.